The molecule has 2 N–H and O–H groups in total. The molecule has 0 unspecified atom stereocenters. The SMILES string of the molecule is COC(=O)c1ccc(C)c(-c2ccc(NNC(=O)c3c(F)cccc3F)cc2)c1. The van der Waals surface area contributed by atoms with Gasteiger partial charge in [-0.05, 0) is 60.0 Å². The maximum Gasteiger partial charge on any atom is 0.337 e. The van der Waals surface area contributed by atoms with Gasteiger partial charge in [-0.3, -0.25) is 15.6 Å². The number of anilines is 1. The molecule has 3 aromatic rings. The predicted octanol–water partition coefficient (Wildman–Crippen LogP) is 4.48. The van der Waals surface area contributed by atoms with Crippen LogP contribution in [0.25, 0.3) is 11.1 Å². The zero-order valence-electron chi connectivity index (χ0n) is 15.8. The number of esters is 1. The molecule has 0 bridgehead atoms. The van der Waals surface area contributed by atoms with Gasteiger partial charge < -0.3 is 4.74 Å². The summed E-state index contributed by atoms with van der Waals surface area (Å²) in [6.07, 6.45) is 0. The highest BCUT2D eigenvalue weighted by molar-refractivity contribution is 5.95. The molecule has 5 nitrogen and oxygen atoms in total. The minimum atomic E-state index is -0.944. The number of hydrogen-bond acceptors (Lipinski definition) is 4. The Morgan fingerprint density at radius 1 is 0.931 bits per heavy atom. The van der Waals surface area contributed by atoms with Gasteiger partial charge in [-0.2, -0.15) is 0 Å². The zero-order valence-corrected chi connectivity index (χ0v) is 15.8. The molecule has 0 aliphatic carbocycles. The van der Waals surface area contributed by atoms with E-state index in [2.05, 4.69) is 10.9 Å². The molecule has 0 fully saturated rings. The number of rotatable bonds is 5. The number of aryl methyl sites for hydroxylation is 1. The lowest BCUT2D eigenvalue weighted by atomic mass is 9.98. The van der Waals surface area contributed by atoms with E-state index < -0.39 is 29.1 Å². The second-order valence-electron chi connectivity index (χ2n) is 6.27. The van der Waals surface area contributed by atoms with Crippen LogP contribution in [0.4, 0.5) is 14.5 Å². The molecule has 29 heavy (non-hydrogen) atoms. The lowest BCUT2D eigenvalue weighted by molar-refractivity contribution is 0.0600. The van der Waals surface area contributed by atoms with Gasteiger partial charge in [0, 0.05) is 0 Å². The van der Waals surface area contributed by atoms with Crippen LogP contribution in [0, 0.1) is 18.6 Å². The highest BCUT2D eigenvalue weighted by Crippen LogP contribution is 2.26. The van der Waals surface area contributed by atoms with Crippen molar-refractivity contribution in [3.63, 3.8) is 0 Å². The van der Waals surface area contributed by atoms with E-state index in [9.17, 15) is 18.4 Å². The van der Waals surface area contributed by atoms with Crippen LogP contribution in [-0.2, 0) is 4.74 Å². The molecule has 0 saturated carbocycles. The molecule has 0 spiro atoms. The smallest absolute Gasteiger partial charge is 0.337 e. The lowest BCUT2D eigenvalue weighted by Gasteiger charge is -2.12. The van der Waals surface area contributed by atoms with Crippen LogP contribution < -0.4 is 10.9 Å². The maximum atomic E-state index is 13.7. The largest absolute Gasteiger partial charge is 0.465 e. The number of nitrogens with one attached hydrogen (secondary N) is 2. The first-order valence-electron chi connectivity index (χ1n) is 8.70. The van der Waals surface area contributed by atoms with E-state index >= 15 is 0 Å². The van der Waals surface area contributed by atoms with E-state index in [-0.39, 0.29) is 0 Å². The second kappa shape index (κ2) is 8.52. The van der Waals surface area contributed by atoms with Gasteiger partial charge >= 0.3 is 5.97 Å². The van der Waals surface area contributed by atoms with Gasteiger partial charge in [0.1, 0.15) is 17.2 Å². The van der Waals surface area contributed by atoms with Crippen LogP contribution in [0.1, 0.15) is 26.3 Å². The maximum absolute atomic E-state index is 13.7. The van der Waals surface area contributed by atoms with Crippen molar-refractivity contribution in [2.75, 3.05) is 12.5 Å². The molecule has 0 aliphatic heterocycles. The Balaban J connectivity index is 1.74. The Bertz CT molecular complexity index is 1050. The Hall–Kier alpha value is -3.74. The highest BCUT2D eigenvalue weighted by Gasteiger charge is 2.16. The summed E-state index contributed by atoms with van der Waals surface area (Å²) >= 11 is 0. The first-order valence-corrected chi connectivity index (χ1v) is 8.70. The fourth-order valence-electron chi connectivity index (χ4n) is 2.82. The fraction of sp³-hybridized carbons (Fsp3) is 0.0909. The van der Waals surface area contributed by atoms with Crippen molar-refractivity contribution in [3.8, 4) is 11.1 Å². The van der Waals surface area contributed by atoms with E-state index in [1.807, 2.05) is 13.0 Å². The van der Waals surface area contributed by atoms with E-state index in [0.29, 0.717) is 11.3 Å². The summed E-state index contributed by atoms with van der Waals surface area (Å²) in [5, 5.41) is 0. The molecule has 148 valence electrons. The third-order valence-corrected chi connectivity index (χ3v) is 4.36. The van der Waals surface area contributed by atoms with E-state index in [4.69, 9.17) is 4.74 Å². The van der Waals surface area contributed by atoms with Crippen molar-refractivity contribution >= 4 is 17.6 Å². The molecule has 0 radical (unpaired) electrons. The molecular formula is C22H18F2N2O3. The van der Waals surface area contributed by atoms with Crippen LogP contribution in [0.5, 0.6) is 0 Å². The minimum Gasteiger partial charge on any atom is -0.465 e. The standard InChI is InChI=1S/C22H18F2N2O3/c1-13-6-7-15(22(28)29-2)12-17(13)14-8-10-16(11-9-14)25-26-21(27)20-18(23)4-3-5-19(20)24/h3-12,25H,1-2H3,(H,26,27). The summed E-state index contributed by atoms with van der Waals surface area (Å²) in [6, 6.07) is 15.4. The Morgan fingerprint density at radius 2 is 1.59 bits per heavy atom. The number of methoxy groups -OCH3 is 1. The van der Waals surface area contributed by atoms with Crippen LogP contribution in [0.3, 0.4) is 0 Å². The average Bonchev–Trinajstić information content (AvgIpc) is 2.72. The highest BCUT2D eigenvalue weighted by atomic mass is 19.1. The van der Waals surface area contributed by atoms with Crippen molar-refractivity contribution in [1.29, 1.82) is 0 Å². The predicted molar refractivity (Wildman–Crippen MR) is 105 cm³/mol. The Kier molecular flexibility index (Phi) is 5.87. The van der Waals surface area contributed by atoms with Gasteiger partial charge in [-0.15, -0.1) is 0 Å². The number of benzene rings is 3. The van der Waals surface area contributed by atoms with Crippen molar-refractivity contribution in [3.05, 3.63) is 89.0 Å². The summed E-state index contributed by atoms with van der Waals surface area (Å²) in [5.41, 5.74) is 7.87. The normalized spacial score (nSPS) is 10.3. The van der Waals surface area contributed by atoms with Crippen LogP contribution >= 0.6 is 0 Å². The van der Waals surface area contributed by atoms with Gasteiger partial charge in [-0.25, -0.2) is 13.6 Å². The monoisotopic (exact) mass is 396 g/mol. The molecule has 0 aromatic heterocycles. The van der Waals surface area contributed by atoms with E-state index in [1.54, 1.807) is 36.4 Å². The van der Waals surface area contributed by atoms with E-state index in [0.717, 1.165) is 28.8 Å². The van der Waals surface area contributed by atoms with Gasteiger partial charge in [0.15, 0.2) is 0 Å². The summed E-state index contributed by atoms with van der Waals surface area (Å²) < 4.78 is 32.1. The van der Waals surface area contributed by atoms with Crippen molar-refractivity contribution in [2.24, 2.45) is 0 Å². The Morgan fingerprint density at radius 3 is 2.21 bits per heavy atom. The van der Waals surface area contributed by atoms with Gasteiger partial charge in [0.05, 0.1) is 18.4 Å². The summed E-state index contributed by atoms with van der Waals surface area (Å²) in [6.45, 7) is 1.92. The molecule has 3 rings (SSSR count). The van der Waals surface area contributed by atoms with Crippen molar-refractivity contribution < 1.29 is 23.1 Å². The number of halogens is 2. The molecule has 0 atom stereocenters. The van der Waals surface area contributed by atoms with Crippen LogP contribution in [0.2, 0.25) is 0 Å². The molecule has 3 aromatic carbocycles. The van der Waals surface area contributed by atoms with Crippen molar-refractivity contribution in [2.45, 2.75) is 6.92 Å². The quantitative estimate of drug-likeness (QED) is 0.493. The molecule has 1 amide bonds. The number of carbonyl (C=O) groups excluding carboxylic acids is 2. The van der Waals surface area contributed by atoms with Gasteiger partial charge in [0.25, 0.3) is 5.91 Å². The number of amides is 1. The summed E-state index contributed by atoms with van der Waals surface area (Å²) in [7, 11) is 1.32. The third-order valence-electron chi connectivity index (χ3n) is 4.36. The number of hydrazine groups is 1. The molecular weight excluding hydrogens is 378 g/mol. The fourth-order valence-corrected chi connectivity index (χ4v) is 2.82. The van der Waals surface area contributed by atoms with Crippen molar-refractivity contribution in [1.82, 2.24) is 5.43 Å². The average molecular weight is 396 g/mol. The third kappa shape index (κ3) is 4.40. The molecule has 0 saturated heterocycles. The van der Waals surface area contributed by atoms with Gasteiger partial charge in [0.2, 0.25) is 0 Å². The Labute approximate surface area is 166 Å². The number of hydrogen-bond donors (Lipinski definition) is 2. The van der Waals surface area contributed by atoms with Crippen LogP contribution in [-0.4, -0.2) is 19.0 Å². The topological polar surface area (TPSA) is 67.4 Å². The van der Waals surface area contributed by atoms with Crippen LogP contribution in [0.15, 0.2) is 60.7 Å². The second-order valence-corrected chi connectivity index (χ2v) is 6.27. The molecule has 0 heterocycles. The molecule has 0 aliphatic rings. The van der Waals surface area contributed by atoms with E-state index in [1.165, 1.54) is 13.2 Å². The summed E-state index contributed by atoms with van der Waals surface area (Å²) in [4.78, 5) is 23.8. The first-order chi connectivity index (χ1) is 13.9. The number of ether oxygens (including phenoxy) is 1. The van der Waals surface area contributed by atoms with Gasteiger partial charge in [-0.1, -0.05) is 24.3 Å². The number of carbonyl (C=O) groups is 2. The minimum absolute atomic E-state index is 0.423. The summed E-state index contributed by atoms with van der Waals surface area (Å²) in [5.74, 6) is -3.24. The lowest BCUT2D eigenvalue weighted by Crippen LogP contribution is -2.30. The molecule has 7 heteroatoms. The zero-order chi connectivity index (χ0) is 21.0. The first kappa shape index (κ1) is 20.0.